The van der Waals surface area contributed by atoms with Crippen molar-refractivity contribution < 1.29 is 0 Å². The summed E-state index contributed by atoms with van der Waals surface area (Å²) in [5.74, 6) is 1.67. The Labute approximate surface area is 121 Å². The van der Waals surface area contributed by atoms with E-state index in [1.54, 1.807) is 0 Å². The fraction of sp³-hybridized carbons (Fsp3) is 1.00. The molecule has 0 heteroatoms. The molecular weight excluding hydrogens is 216 g/mol. The SMILES string of the molecule is CC.CC(C)(C)C.CC(C)C.CC(C)C.CCC. The third kappa shape index (κ3) is 0. The molecule has 0 aliphatic carbocycles. The summed E-state index contributed by atoms with van der Waals surface area (Å²) < 4.78 is 0. The van der Waals surface area contributed by atoms with E-state index in [2.05, 4.69) is 83.1 Å². The molecule has 0 aromatic carbocycles. The highest BCUT2D eigenvalue weighted by molar-refractivity contribution is 4.47. The molecule has 0 spiro atoms. The van der Waals surface area contributed by atoms with Crippen molar-refractivity contribution in [3.8, 4) is 0 Å². The Bertz CT molecular complexity index is 65.2. The third-order valence-electron chi connectivity index (χ3n) is 0. The summed E-state index contributed by atoms with van der Waals surface area (Å²) in [7, 11) is 0. The van der Waals surface area contributed by atoms with E-state index >= 15 is 0 Å². The van der Waals surface area contributed by atoms with Gasteiger partial charge in [0, 0.05) is 0 Å². The molecule has 0 saturated carbocycles. The van der Waals surface area contributed by atoms with Crippen LogP contribution in [-0.2, 0) is 0 Å². The molecule has 0 fully saturated rings. The zero-order valence-corrected chi connectivity index (χ0v) is 16.4. The van der Waals surface area contributed by atoms with Gasteiger partial charge in [0.2, 0.25) is 0 Å². The Morgan fingerprint density at radius 2 is 0.611 bits per heavy atom. The lowest BCUT2D eigenvalue weighted by Crippen LogP contribution is -1.93. The number of hydrogen-bond donors (Lipinski definition) is 0. The van der Waals surface area contributed by atoms with Crippen molar-refractivity contribution in [1.29, 1.82) is 0 Å². The molecule has 0 aromatic heterocycles. The highest BCUT2D eigenvalue weighted by Gasteiger charge is 1.95. The summed E-state index contributed by atoms with van der Waals surface area (Å²) in [5, 5.41) is 0. The van der Waals surface area contributed by atoms with Gasteiger partial charge >= 0.3 is 0 Å². The average molecular weight is 263 g/mol. The lowest BCUT2D eigenvalue weighted by molar-refractivity contribution is 0.469. The van der Waals surface area contributed by atoms with E-state index < -0.39 is 0 Å². The third-order valence-corrected chi connectivity index (χ3v) is 0. The summed E-state index contributed by atoms with van der Waals surface area (Å²) in [4.78, 5) is 0. The largest absolute Gasteiger partial charge is 0.0683 e. The zero-order valence-electron chi connectivity index (χ0n) is 16.4. The van der Waals surface area contributed by atoms with Crippen molar-refractivity contribution in [2.45, 2.75) is 103 Å². The van der Waals surface area contributed by atoms with Gasteiger partial charge in [-0.3, -0.25) is 0 Å². The van der Waals surface area contributed by atoms with E-state index in [4.69, 9.17) is 0 Å². The molecule has 18 heavy (non-hydrogen) atoms. The number of hydrogen-bond acceptors (Lipinski definition) is 0. The summed E-state index contributed by atoms with van der Waals surface area (Å²) in [6.45, 7) is 30.0. The molecule has 0 unspecified atom stereocenters. The van der Waals surface area contributed by atoms with E-state index in [9.17, 15) is 0 Å². The van der Waals surface area contributed by atoms with Crippen LogP contribution in [0.4, 0.5) is 0 Å². The van der Waals surface area contributed by atoms with Crippen molar-refractivity contribution in [2.75, 3.05) is 0 Å². The predicted molar refractivity (Wildman–Crippen MR) is 93.5 cm³/mol. The molecule has 0 radical (unpaired) electrons. The van der Waals surface area contributed by atoms with E-state index in [-0.39, 0.29) is 0 Å². The highest BCUT2D eigenvalue weighted by Crippen LogP contribution is 2.08. The Kier molecular flexibility index (Phi) is 44.0. The van der Waals surface area contributed by atoms with Gasteiger partial charge in [0.1, 0.15) is 0 Å². The summed E-state index contributed by atoms with van der Waals surface area (Å²) in [6, 6.07) is 0. The molecule has 0 saturated heterocycles. The van der Waals surface area contributed by atoms with E-state index in [1.807, 2.05) is 13.8 Å². The zero-order chi connectivity index (χ0) is 16.4. The second-order valence-electron chi connectivity index (χ2n) is 7.17. The minimum Gasteiger partial charge on any atom is -0.0683 e. The molecule has 0 heterocycles. The molecular formula is C18H46. The highest BCUT2D eigenvalue weighted by atomic mass is 14.0. The van der Waals surface area contributed by atoms with Gasteiger partial charge in [-0.25, -0.2) is 0 Å². The first kappa shape index (κ1) is 30.8. The quantitative estimate of drug-likeness (QED) is 0.417. The van der Waals surface area contributed by atoms with Gasteiger partial charge < -0.3 is 0 Å². The first-order valence-electron chi connectivity index (χ1n) is 7.88. The monoisotopic (exact) mass is 262 g/mol. The standard InChI is InChI=1S/C5H12.2C4H10.C3H8.C2H6/c1-5(2,3)4;2*1-4(2)3;1-3-2;1-2/h1-4H3;2*4H,1-3H3;3H2,1-2H3;1-2H3. The predicted octanol–water partition coefficient (Wildman–Crippen LogP) is 7.82. The van der Waals surface area contributed by atoms with Crippen LogP contribution in [0, 0.1) is 17.3 Å². The van der Waals surface area contributed by atoms with Crippen LogP contribution >= 0.6 is 0 Å². The van der Waals surface area contributed by atoms with E-state index in [0.29, 0.717) is 5.41 Å². The van der Waals surface area contributed by atoms with Crippen LogP contribution in [0.1, 0.15) is 103 Å². The Balaban J connectivity index is -0.0000000404. The molecule has 0 rings (SSSR count). The molecule has 0 bridgehead atoms. The second-order valence-corrected chi connectivity index (χ2v) is 7.17. The van der Waals surface area contributed by atoms with Gasteiger partial charge in [-0.2, -0.15) is 0 Å². The topological polar surface area (TPSA) is 0 Å². The van der Waals surface area contributed by atoms with E-state index in [1.165, 1.54) is 6.42 Å². The fourth-order valence-corrected chi connectivity index (χ4v) is 0. The minimum absolute atomic E-state index is 0.500. The van der Waals surface area contributed by atoms with Gasteiger partial charge in [-0.1, -0.05) is 103 Å². The van der Waals surface area contributed by atoms with Gasteiger partial charge in [0.25, 0.3) is 0 Å². The first-order chi connectivity index (χ1) is 7.88. The molecule has 0 amide bonds. The van der Waals surface area contributed by atoms with Crippen molar-refractivity contribution in [2.24, 2.45) is 17.3 Å². The molecule has 0 nitrogen and oxygen atoms in total. The smallest absolute Gasteiger partial charge is 0.0411 e. The average Bonchev–Trinajstić information content (AvgIpc) is 2.02. The number of rotatable bonds is 0. The van der Waals surface area contributed by atoms with Crippen LogP contribution in [0.5, 0.6) is 0 Å². The summed E-state index contributed by atoms with van der Waals surface area (Å²) >= 11 is 0. The summed E-state index contributed by atoms with van der Waals surface area (Å²) in [5.41, 5.74) is 0.500. The van der Waals surface area contributed by atoms with Crippen LogP contribution in [0.3, 0.4) is 0 Å². The van der Waals surface area contributed by atoms with Crippen molar-refractivity contribution in [3.05, 3.63) is 0 Å². The Morgan fingerprint density at radius 3 is 0.611 bits per heavy atom. The van der Waals surface area contributed by atoms with Gasteiger partial charge in [-0.15, -0.1) is 0 Å². The van der Waals surface area contributed by atoms with Crippen molar-refractivity contribution in [3.63, 3.8) is 0 Å². The van der Waals surface area contributed by atoms with Gasteiger partial charge in [0.15, 0.2) is 0 Å². The van der Waals surface area contributed by atoms with Crippen molar-refractivity contribution in [1.82, 2.24) is 0 Å². The van der Waals surface area contributed by atoms with Crippen LogP contribution < -0.4 is 0 Å². The molecule has 0 aliphatic heterocycles. The maximum atomic E-state index is 2.19. The molecule has 0 atom stereocenters. The normalized spacial score (nSPS) is 8.67. The van der Waals surface area contributed by atoms with Gasteiger partial charge in [0.05, 0.1) is 0 Å². The lowest BCUT2D eigenvalue weighted by atomic mass is 10.0. The lowest BCUT2D eigenvalue weighted by Gasteiger charge is -2.05. The van der Waals surface area contributed by atoms with Crippen LogP contribution in [-0.4, -0.2) is 0 Å². The van der Waals surface area contributed by atoms with Crippen LogP contribution in [0.15, 0.2) is 0 Å². The van der Waals surface area contributed by atoms with E-state index in [0.717, 1.165) is 11.8 Å². The molecule has 0 N–H and O–H groups in total. The Hall–Kier alpha value is 0. The van der Waals surface area contributed by atoms with Crippen molar-refractivity contribution >= 4 is 0 Å². The van der Waals surface area contributed by atoms with Crippen LogP contribution in [0.25, 0.3) is 0 Å². The maximum Gasteiger partial charge on any atom is -0.0411 e. The molecule has 118 valence electrons. The van der Waals surface area contributed by atoms with Crippen LogP contribution in [0.2, 0.25) is 0 Å². The first-order valence-corrected chi connectivity index (χ1v) is 7.88. The fourth-order valence-electron chi connectivity index (χ4n) is 0. The minimum atomic E-state index is 0.500. The molecule has 0 aliphatic rings. The molecule has 0 aromatic rings. The van der Waals surface area contributed by atoms with Gasteiger partial charge in [-0.05, 0) is 17.3 Å². The Morgan fingerprint density at radius 1 is 0.611 bits per heavy atom. The second kappa shape index (κ2) is 25.8. The maximum absolute atomic E-state index is 2.19. The summed E-state index contributed by atoms with van der Waals surface area (Å²) in [6.07, 6.45) is 1.25.